The van der Waals surface area contributed by atoms with Crippen LogP contribution in [0.2, 0.25) is 0 Å². The summed E-state index contributed by atoms with van der Waals surface area (Å²) in [6, 6.07) is 0.199. The van der Waals surface area contributed by atoms with Gasteiger partial charge in [-0.3, -0.25) is 9.69 Å². The number of aryl methyl sites for hydroxylation is 2. The number of halogens is 3. The predicted octanol–water partition coefficient (Wildman–Crippen LogP) is 4.00. The van der Waals surface area contributed by atoms with Crippen molar-refractivity contribution < 1.29 is 22.5 Å². The van der Waals surface area contributed by atoms with E-state index in [2.05, 4.69) is 25.3 Å². The van der Waals surface area contributed by atoms with Crippen molar-refractivity contribution in [1.82, 2.24) is 25.3 Å². The molecule has 0 bridgehead atoms. The van der Waals surface area contributed by atoms with E-state index < -0.39 is 12.6 Å². The van der Waals surface area contributed by atoms with Crippen molar-refractivity contribution in [3.63, 3.8) is 0 Å². The fraction of sp³-hybridized carbons (Fsp3) is 0.727. The molecular weight excluding hydrogens is 455 g/mol. The number of carbonyl (C=O) groups excluding carboxylic acids is 1. The highest BCUT2D eigenvalue weighted by molar-refractivity contribution is 7.11. The molecule has 1 fully saturated rings. The highest BCUT2D eigenvalue weighted by Gasteiger charge is 2.29. The summed E-state index contributed by atoms with van der Waals surface area (Å²) >= 11 is 1.45. The van der Waals surface area contributed by atoms with Crippen molar-refractivity contribution in [2.24, 2.45) is 5.92 Å². The molecule has 0 saturated heterocycles. The van der Waals surface area contributed by atoms with E-state index >= 15 is 0 Å². The summed E-state index contributed by atoms with van der Waals surface area (Å²) in [5.41, 5.74) is 0.964. The Kier molecular flexibility index (Phi) is 7.68. The molecule has 0 atom stereocenters. The first kappa shape index (κ1) is 24.1. The van der Waals surface area contributed by atoms with Gasteiger partial charge in [0.15, 0.2) is 5.82 Å². The summed E-state index contributed by atoms with van der Waals surface area (Å²) < 4.78 is 42.3. The van der Waals surface area contributed by atoms with Gasteiger partial charge in [-0.15, -0.1) is 11.3 Å². The summed E-state index contributed by atoms with van der Waals surface area (Å²) in [6.07, 6.45) is 1.28. The van der Waals surface area contributed by atoms with E-state index in [1.54, 1.807) is 6.92 Å². The highest BCUT2D eigenvalue weighted by Crippen LogP contribution is 2.30. The third kappa shape index (κ3) is 7.23. The zero-order chi connectivity index (χ0) is 23.4. The van der Waals surface area contributed by atoms with Crippen molar-refractivity contribution in [2.75, 3.05) is 13.1 Å². The van der Waals surface area contributed by atoms with Gasteiger partial charge in [0.2, 0.25) is 11.8 Å². The van der Waals surface area contributed by atoms with Gasteiger partial charge >= 0.3 is 6.18 Å². The van der Waals surface area contributed by atoms with Gasteiger partial charge in [0, 0.05) is 43.8 Å². The average Bonchev–Trinajstić information content (AvgIpc) is 3.36. The van der Waals surface area contributed by atoms with E-state index in [1.165, 1.54) is 11.3 Å². The monoisotopic (exact) mass is 485 g/mol. The molecule has 182 valence electrons. The summed E-state index contributed by atoms with van der Waals surface area (Å²) in [7, 11) is 0. The van der Waals surface area contributed by atoms with Crippen molar-refractivity contribution in [2.45, 2.75) is 83.5 Å². The van der Waals surface area contributed by atoms with Crippen LogP contribution in [0.25, 0.3) is 0 Å². The normalized spacial score (nSPS) is 21.7. The van der Waals surface area contributed by atoms with Gasteiger partial charge in [-0.25, -0.2) is 4.98 Å². The maximum atomic E-state index is 12.5. The van der Waals surface area contributed by atoms with Crippen LogP contribution in [-0.2, 0) is 30.6 Å². The minimum atomic E-state index is -4.13. The third-order valence-electron chi connectivity index (χ3n) is 6.43. The number of hydrogen-bond acceptors (Lipinski definition) is 7. The number of fused-ring (bicyclic) bond motifs is 1. The number of nitrogens with one attached hydrogen (secondary N) is 1. The first-order chi connectivity index (χ1) is 15.7. The van der Waals surface area contributed by atoms with Crippen LogP contribution in [0, 0.1) is 12.8 Å². The second-order valence-corrected chi connectivity index (χ2v) is 10.3. The van der Waals surface area contributed by atoms with Gasteiger partial charge < -0.3 is 9.84 Å². The zero-order valence-electron chi connectivity index (χ0n) is 18.8. The van der Waals surface area contributed by atoms with Crippen LogP contribution in [0.4, 0.5) is 13.2 Å². The number of thiazole rings is 1. The summed E-state index contributed by atoms with van der Waals surface area (Å²) in [5, 5.41) is 7.46. The number of rotatable bonds is 8. The molecule has 1 amide bonds. The molecule has 3 heterocycles. The van der Waals surface area contributed by atoms with Gasteiger partial charge in [0.05, 0.1) is 17.1 Å². The van der Waals surface area contributed by atoms with Crippen molar-refractivity contribution >= 4 is 17.2 Å². The van der Waals surface area contributed by atoms with Crippen LogP contribution in [0.15, 0.2) is 4.52 Å². The first-order valence-electron chi connectivity index (χ1n) is 11.6. The Hall–Kier alpha value is -2.01. The maximum Gasteiger partial charge on any atom is 0.389 e. The van der Waals surface area contributed by atoms with Gasteiger partial charge in [-0.05, 0) is 51.0 Å². The molecule has 0 spiro atoms. The first-order valence-corrected chi connectivity index (χ1v) is 12.4. The molecule has 33 heavy (non-hydrogen) atoms. The Morgan fingerprint density at radius 3 is 2.73 bits per heavy atom. The number of nitrogens with zero attached hydrogens (tertiary/aromatic N) is 4. The Balaban J connectivity index is 1.15. The largest absolute Gasteiger partial charge is 0.389 e. The quantitative estimate of drug-likeness (QED) is 0.609. The lowest BCUT2D eigenvalue weighted by atomic mass is 9.84. The molecule has 0 radical (unpaired) electrons. The number of hydrogen-bond donors (Lipinski definition) is 1. The van der Waals surface area contributed by atoms with E-state index in [0.717, 1.165) is 68.7 Å². The molecule has 1 saturated carbocycles. The summed E-state index contributed by atoms with van der Waals surface area (Å²) in [6.45, 7) is 4.35. The smallest absolute Gasteiger partial charge is 0.353 e. The summed E-state index contributed by atoms with van der Waals surface area (Å²) in [5.74, 6) is 1.44. The molecule has 0 unspecified atom stereocenters. The molecule has 2 aromatic heterocycles. The third-order valence-corrected chi connectivity index (χ3v) is 7.64. The second kappa shape index (κ2) is 10.5. The molecule has 2 aliphatic rings. The number of amides is 1. The van der Waals surface area contributed by atoms with Crippen molar-refractivity contribution in [3.8, 4) is 0 Å². The molecular formula is C22H30F3N5O2S. The SMILES string of the molecule is Cc1nc(CC(=O)NC2CCC(CCN3CCc4sc(CCC(F)(F)F)nc4C3)CC2)no1. The Labute approximate surface area is 195 Å². The number of alkyl halides is 3. The fourth-order valence-corrected chi connectivity index (χ4v) is 5.71. The lowest BCUT2D eigenvalue weighted by Crippen LogP contribution is -2.39. The second-order valence-electron chi connectivity index (χ2n) is 9.10. The fourth-order valence-electron chi connectivity index (χ4n) is 4.65. The van der Waals surface area contributed by atoms with Gasteiger partial charge in [0.1, 0.15) is 0 Å². The van der Waals surface area contributed by atoms with Crippen LogP contribution in [0.1, 0.15) is 65.8 Å². The Morgan fingerprint density at radius 2 is 2.03 bits per heavy atom. The van der Waals surface area contributed by atoms with Gasteiger partial charge in [-0.1, -0.05) is 5.16 Å². The van der Waals surface area contributed by atoms with E-state index in [4.69, 9.17) is 4.52 Å². The van der Waals surface area contributed by atoms with Gasteiger partial charge in [0.25, 0.3) is 0 Å². The molecule has 1 N–H and O–H groups in total. The molecule has 1 aliphatic heterocycles. The maximum absolute atomic E-state index is 12.5. The lowest BCUT2D eigenvalue weighted by molar-refractivity contribution is -0.134. The topological polar surface area (TPSA) is 84.2 Å². The van der Waals surface area contributed by atoms with E-state index in [9.17, 15) is 18.0 Å². The van der Waals surface area contributed by atoms with Crippen molar-refractivity contribution in [1.29, 1.82) is 0 Å². The predicted molar refractivity (Wildman–Crippen MR) is 117 cm³/mol. The standard InChI is InChI=1S/C22H30F3N5O2S/c1-14-26-19(29-32-14)12-20(31)27-16-4-2-15(3-5-16)7-10-30-11-8-18-17(13-30)28-21(33-18)6-9-22(23,24)25/h15-16H,2-13H2,1H3,(H,27,31). The minimum Gasteiger partial charge on any atom is -0.353 e. The van der Waals surface area contributed by atoms with Gasteiger partial charge in [-0.2, -0.15) is 18.2 Å². The molecule has 2 aromatic rings. The van der Waals surface area contributed by atoms with Crippen LogP contribution in [-0.4, -0.2) is 51.2 Å². The Bertz CT molecular complexity index is 937. The van der Waals surface area contributed by atoms with Crippen LogP contribution >= 0.6 is 11.3 Å². The molecule has 0 aromatic carbocycles. The van der Waals surface area contributed by atoms with E-state index in [0.29, 0.717) is 22.6 Å². The number of carbonyl (C=O) groups is 1. The average molecular weight is 486 g/mol. The van der Waals surface area contributed by atoms with E-state index in [-0.39, 0.29) is 24.8 Å². The number of aromatic nitrogens is 3. The molecule has 7 nitrogen and oxygen atoms in total. The van der Waals surface area contributed by atoms with Crippen LogP contribution in [0.3, 0.4) is 0 Å². The molecule has 1 aliphatic carbocycles. The highest BCUT2D eigenvalue weighted by atomic mass is 32.1. The summed E-state index contributed by atoms with van der Waals surface area (Å²) in [4.78, 5) is 24.3. The molecule has 11 heteroatoms. The van der Waals surface area contributed by atoms with E-state index in [1.807, 2.05) is 0 Å². The molecule has 4 rings (SSSR count). The minimum absolute atomic E-state index is 0.0182. The zero-order valence-corrected chi connectivity index (χ0v) is 19.6. The van der Waals surface area contributed by atoms with Crippen molar-refractivity contribution in [3.05, 3.63) is 27.3 Å². The lowest BCUT2D eigenvalue weighted by Gasteiger charge is -2.32. The Morgan fingerprint density at radius 1 is 1.24 bits per heavy atom. The van der Waals surface area contributed by atoms with Crippen LogP contribution < -0.4 is 5.32 Å². The van der Waals surface area contributed by atoms with Crippen LogP contribution in [0.5, 0.6) is 0 Å².